The number of amides is 1. The molecule has 0 unspecified atom stereocenters. The number of hydrogen-bond donors (Lipinski definition) is 2. The topological polar surface area (TPSA) is 69.5 Å². The molecule has 1 amide bonds. The van der Waals surface area contributed by atoms with E-state index in [0.29, 0.717) is 17.8 Å². The summed E-state index contributed by atoms with van der Waals surface area (Å²) >= 11 is 0. The number of rotatable bonds is 5. The molecule has 21 heavy (non-hydrogen) atoms. The Hall–Kier alpha value is -2.64. The van der Waals surface area contributed by atoms with Crippen molar-refractivity contribution in [2.75, 3.05) is 11.9 Å². The fourth-order valence-corrected chi connectivity index (χ4v) is 2.07. The molecule has 1 atom stereocenters. The first-order valence-corrected chi connectivity index (χ1v) is 6.88. The average molecular weight is 280 g/mol. The molecule has 106 valence electrons. The van der Waals surface area contributed by atoms with Gasteiger partial charge in [0.25, 0.3) is 5.91 Å². The summed E-state index contributed by atoms with van der Waals surface area (Å²) in [5, 5.41) is 13.7. The lowest BCUT2D eigenvalue weighted by Crippen LogP contribution is -2.86. The first-order chi connectivity index (χ1) is 10.2. The van der Waals surface area contributed by atoms with Gasteiger partial charge in [0.15, 0.2) is 6.54 Å². The summed E-state index contributed by atoms with van der Waals surface area (Å²) in [5.74, 6) is -0.111. The number of benzene rings is 2. The van der Waals surface area contributed by atoms with Gasteiger partial charge in [-0.1, -0.05) is 42.5 Å². The van der Waals surface area contributed by atoms with Gasteiger partial charge in [-0.2, -0.15) is 5.26 Å². The number of carbonyl (C=O) groups is 1. The SMILES string of the molecule is C[C@H]([NH2+]CC(=O)Nc1ccccc1C#N)c1ccccc1. The minimum atomic E-state index is -0.111. The Morgan fingerprint density at radius 2 is 1.86 bits per heavy atom. The molecule has 0 fully saturated rings. The van der Waals surface area contributed by atoms with E-state index in [9.17, 15) is 4.79 Å². The summed E-state index contributed by atoms with van der Waals surface area (Å²) in [7, 11) is 0. The highest BCUT2D eigenvalue weighted by Crippen LogP contribution is 2.13. The van der Waals surface area contributed by atoms with Crippen LogP contribution in [0.5, 0.6) is 0 Å². The van der Waals surface area contributed by atoms with Gasteiger partial charge in [0.05, 0.1) is 11.3 Å². The van der Waals surface area contributed by atoms with Crippen molar-refractivity contribution >= 4 is 11.6 Å². The maximum atomic E-state index is 12.0. The van der Waals surface area contributed by atoms with Gasteiger partial charge in [0.1, 0.15) is 12.1 Å². The van der Waals surface area contributed by atoms with Crippen LogP contribution in [-0.4, -0.2) is 12.5 Å². The van der Waals surface area contributed by atoms with E-state index >= 15 is 0 Å². The molecule has 0 bridgehead atoms. The van der Waals surface area contributed by atoms with Gasteiger partial charge in [-0.25, -0.2) is 0 Å². The molecule has 0 heterocycles. The number of anilines is 1. The van der Waals surface area contributed by atoms with Crippen molar-refractivity contribution in [1.82, 2.24) is 0 Å². The molecule has 0 radical (unpaired) electrons. The molecule has 2 aromatic carbocycles. The van der Waals surface area contributed by atoms with Crippen molar-refractivity contribution in [3.8, 4) is 6.07 Å². The largest absolute Gasteiger partial charge is 0.333 e. The van der Waals surface area contributed by atoms with Gasteiger partial charge in [-0.3, -0.25) is 4.79 Å². The number of para-hydroxylation sites is 1. The lowest BCUT2D eigenvalue weighted by Gasteiger charge is -2.11. The zero-order valence-electron chi connectivity index (χ0n) is 11.9. The molecule has 0 spiro atoms. The number of quaternary nitrogens is 1. The molecule has 4 nitrogen and oxygen atoms in total. The Bertz CT molecular complexity index is 647. The van der Waals surface area contributed by atoms with Gasteiger partial charge in [0, 0.05) is 5.56 Å². The van der Waals surface area contributed by atoms with Gasteiger partial charge < -0.3 is 10.6 Å². The molecular formula is C17H18N3O+. The van der Waals surface area contributed by atoms with Crippen LogP contribution in [0.2, 0.25) is 0 Å². The minimum Gasteiger partial charge on any atom is -0.333 e. The van der Waals surface area contributed by atoms with Gasteiger partial charge in [-0.15, -0.1) is 0 Å². The molecule has 3 N–H and O–H groups in total. The number of nitrogens with two attached hydrogens (primary N) is 1. The maximum Gasteiger partial charge on any atom is 0.279 e. The van der Waals surface area contributed by atoms with Crippen LogP contribution in [-0.2, 0) is 4.79 Å². The maximum absolute atomic E-state index is 12.0. The highest BCUT2D eigenvalue weighted by Gasteiger charge is 2.12. The Morgan fingerprint density at radius 3 is 2.57 bits per heavy atom. The smallest absolute Gasteiger partial charge is 0.279 e. The van der Waals surface area contributed by atoms with E-state index in [-0.39, 0.29) is 11.9 Å². The fraction of sp³-hybridized carbons (Fsp3) is 0.176. The molecule has 0 aliphatic carbocycles. The van der Waals surface area contributed by atoms with Crippen LogP contribution in [0.1, 0.15) is 24.1 Å². The third kappa shape index (κ3) is 4.16. The molecular weight excluding hydrogens is 262 g/mol. The Labute approximate surface area is 124 Å². The zero-order valence-corrected chi connectivity index (χ0v) is 11.9. The highest BCUT2D eigenvalue weighted by atomic mass is 16.1. The van der Waals surface area contributed by atoms with E-state index in [2.05, 4.69) is 18.3 Å². The molecule has 0 aliphatic heterocycles. The van der Waals surface area contributed by atoms with Crippen LogP contribution in [0.4, 0.5) is 5.69 Å². The van der Waals surface area contributed by atoms with Crippen molar-refractivity contribution in [3.63, 3.8) is 0 Å². The summed E-state index contributed by atoms with van der Waals surface area (Å²) < 4.78 is 0. The molecule has 0 aliphatic rings. The Balaban J connectivity index is 1.90. The van der Waals surface area contributed by atoms with Gasteiger partial charge in [-0.05, 0) is 19.1 Å². The monoisotopic (exact) mass is 280 g/mol. The first kappa shape index (κ1) is 14.8. The van der Waals surface area contributed by atoms with E-state index in [1.807, 2.05) is 35.6 Å². The lowest BCUT2D eigenvalue weighted by molar-refractivity contribution is -0.682. The average Bonchev–Trinajstić information content (AvgIpc) is 2.54. The van der Waals surface area contributed by atoms with Crippen molar-refractivity contribution in [3.05, 3.63) is 65.7 Å². The first-order valence-electron chi connectivity index (χ1n) is 6.88. The van der Waals surface area contributed by atoms with Crippen LogP contribution < -0.4 is 10.6 Å². The molecule has 2 rings (SSSR count). The second-order valence-corrected chi connectivity index (χ2v) is 4.84. The number of carbonyl (C=O) groups excluding carboxylic acids is 1. The summed E-state index contributed by atoms with van der Waals surface area (Å²) in [6.07, 6.45) is 0. The van der Waals surface area contributed by atoms with E-state index in [1.54, 1.807) is 24.3 Å². The highest BCUT2D eigenvalue weighted by molar-refractivity contribution is 5.92. The molecule has 4 heteroatoms. The second kappa shape index (κ2) is 7.22. The van der Waals surface area contributed by atoms with Gasteiger partial charge in [0.2, 0.25) is 0 Å². The number of hydrogen-bond acceptors (Lipinski definition) is 2. The van der Waals surface area contributed by atoms with Crippen LogP contribution >= 0.6 is 0 Å². The molecule has 0 saturated carbocycles. The predicted octanol–water partition coefficient (Wildman–Crippen LogP) is 1.82. The third-order valence-electron chi connectivity index (χ3n) is 3.30. The van der Waals surface area contributed by atoms with E-state index < -0.39 is 0 Å². The Kier molecular flexibility index (Phi) is 5.08. The second-order valence-electron chi connectivity index (χ2n) is 4.84. The molecule has 2 aromatic rings. The summed E-state index contributed by atoms with van der Waals surface area (Å²) in [4.78, 5) is 12.0. The zero-order chi connectivity index (χ0) is 15.1. The van der Waals surface area contributed by atoms with Crippen molar-refractivity contribution in [2.24, 2.45) is 0 Å². The van der Waals surface area contributed by atoms with Crippen molar-refractivity contribution in [1.29, 1.82) is 5.26 Å². The predicted molar refractivity (Wildman–Crippen MR) is 81.4 cm³/mol. The molecule has 0 saturated heterocycles. The minimum absolute atomic E-state index is 0.111. The Morgan fingerprint density at radius 1 is 1.19 bits per heavy atom. The van der Waals surface area contributed by atoms with Crippen LogP contribution in [0.15, 0.2) is 54.6 Å². The quantitative estimate of drug-likeness (QED) is 0.877. The lowest BCUT2D eigenvalue weighted by atomic mass is 10.1. The van der Waals surface area contributed by atoms with Gasteiger partial charge >= 0.3 is 0 Å². The summed E-state index contributed by atoms with van der Waals surface area (Å²) in [6.45, 7) is 2.38. The summed E-state index contributed by atoms with van der Waals surface area (Å²) in [5.41, 5.74) is 2.22. The standard InChI is InChI=1S/C17H17N3O/c1-13(14-7-3-2-4-8-14)19-12-17(21)20-16-10-6-5-9-15(16)11-18/h2-10,13,19H,12H2,1H3,(H,20,21)/p+1/t13-/m0/s1. The molecule has 0 aromatic heterocycles. The summed E-state index contributed by atoms with van der Waals surface area (Å²) in [6, 6.07) is 19.3. The third-order valence-corrected chi connectivity index (χ3v) is 3.30. The van der Waals surface area contributed by atoms with Crippen molar-refractivity contribution in [2.45, 2.75) is 13.0 Å². The van der Waals surface area contributed by atoms with Crippen LogP contribution in [0, 0.1) is 11.3 Å². The van der Waals surface area contributed by atoms with E-state index in [0.717, 1.165) is 0 Å². The van der Waals surface area contributed by atoms with E-state index in [1.165, 1.54) is 5.56 Å². The number of nitrogens with zero attached hydrogens (tertiary/aromatic N) is 1. The number of nitrogens with one attached hydrogen (secondary N) is 1. The fourth-order valence-electron chi connectivity index (χ4n) is 2.07. The van der Waals surface area contributed by atoms with Crippen molar-refractivity contribution < 1.29 is 10.1 Å². The normalized spacial score (nSPS) is 11.4. The van der Waals surface area contributed by atoms with Crippen LogP contribution in [0.3, 0.4) is 0 Å². The van der Waals surface area contributed by atoms with E-state index in [4.69, 9.17) is 5.26 Å². The number of nitriles is 1. The van der Waals surface area contributed by atoms with Crippen LogP contribution in [0.25, 0.3) is 0 Å².